The Hall–Kier alpha value is -2.92. The highest BCUT2D eigenvalue weighted by molar-refractivity contribution is 7.90. The average molecular weight is 393 g/mol. The second kappa shape index (κ2) is 8.40. The molecule has 28 heavy (non-hydrogen) atoms. The Morgan fingerprint density at radius 1 is 0.821 bits per heavy atom. The molecule has 3 rings (SSSR count). The fourth-order valence-electron chi connectivity index (χ4n) is 2.81. The standard InChI is InChI=1S/C23H24N2O2S/c1-18-9-13-21(14-10-18)25(3)23(17-20-7-5-4-6-8-20)24-28(26,27)22-15-11-19(2)12-16-22/h4-16H,17H2,1-3H3/b24-23+. The van der Waals surface area contributed by atoms with E-state index in [1.54, 1.807) is 24.3 Å². The SMILES string of the molecule is Cc1ccc(N(C)/C(Cc2ccccc2)=N/S(=O)(=O)c2ccc(C)cc2)cc1. The van der Waals surface area contributed by atoms with Crippen LogP contribution in [0.4, 0.5) is 5.69 Å². The van der Waals surface area contributed by atoms with Gasteiger partial charge in [-0.05, 0) is 43.7 Å². The molecule has 5 heteroatoms. The smallest absolute Gasteiger partial charge is 0.283 e. The van der Waals surface area contributed by atoms with Crippen molar-refractivity contribution in [2.24, 2.45) is 4.40 Å². The van der Waals surface area contributed by atoms with Crippen LogP contribution in [0.3, 0.4) is 0 Å². The molecule has 0 aliphatic heterocycles. The average Bonchev–Trinajstić information content (AvgIpc) is 2.68. The number of nitrogens with zero attached hydrogens (tertiary/aromatic N) is 2. The number of hydrogen-bond donors (Lipinski definition) is 0. The van der Waals surface area contributed by atoms with Crippen molar-refractivity contribution >= 4 is 21.5 Å². The number of rotatable bonds is 5. The van der Waals surface area contributed by atoms with E-state index < -0.39 is 10.0 Å². The first-order valence-corrected chi connectivity index (χ1v) is 10.5. The first kappa shape index (κ1) is 19.8. The summed E-state index contributed by atoms with van der Waals surface area (Å²) in [7, 11) is -1.97. The van der Waals surface area contributed by atoms with Gasteiger partial charge in [0.2, 0.25) is 0 Å². The highest BCUT2D eigenvalue weighted by atomic mass is 32.2. The van der Waals surface area contributed by atoms with Crippen LogP contribution in [0, 0.1) is 13.8 Å². The maximum absolute atomic E-state index is 12.9. The minimum Gasteiger partial charge on any atom is -0.332 e. The number of amidine groups is 1. The van der Waals surface area contributed by atoms with Gasteiger partial charge in [-0.2, -0.15) is 8.42 Å². The molecule has 0 heterocycles. The summed E-state index contributed by atoms with van der Waals surface area (Å²) in [6.07, 6.45) is 0.413. The summed E-state index contributed by atoms with van der Waals surface area (Å²) in [5.74, 6) is 0.468. The minimum absolute atomic E-state index is 0.195. The fourth-order valence-corrected chi connectivity index (χ4v) is 3.86. The van der Waals surface area contributed by atoms with Gasteiger partial charge in [-0.1, -0.05) is 65.7 Å². The van der Waals surface area contributed by atoms with Gasteiger partial charge in [0.15, 0.2) is 0 Å². The van der Waals surface area contributed by atoms with Crippen LogP contribution in [-0.2, 0) is 16.4 Å². The lowest BCUT2D eigenvalue weighted by Crippen LogP contribution is -2.29. The molecule has 144 valence electrons. The van der Waals surface area contributed by atoms with E-state index in [0.29, 0.717) is 12.3 Å². The van der Waals surface area contributed by atoms with E-state index in [2.05, 4.69) is 4.40 Å². The lowest BCUT2D eigenvalue weighted by Gasteiger charge is -2.22. The zero-order valence-electron chi connectivity index (χ0n) is 16.3. The quantitative estimate of drug-likeness (QED) is 0.464. The van der Waals surface area contributed by atoms with E-state index in [0.717, 1.165) is 22.4 Å². The molecule has 0 aliphatic carbocycles. The Balaban J connectivity index is 2.02. The number of likely N-dealkylation sites (N-methyl/N-ethyl adjacent to an activating group) is 1. The molecule has 0 bridgehead atoms. The van der Waals surface area contributed by atoms with Crippen LogP contribution in [0.5, 0.6) is 0 Å². The largest absolute Gasteiger partial charge is 0.332 e. The van der Waals surface area contributed by atoms with Crippen molar-refractivity contribution in [2.75, 3.05) is 11.9 Å². The Morgan fingerprint density at radius 3 is 1.93 bits per heavy atom. The van der Waals surface area contributed by atoms with E-state index in [9.17, 15) is 8.42 Å². The summed E-state index contributed by atoms with van der Waals surface area (Å²) in [6.45, 7) is 3.94. The summed E-state index contributed by atoms with van der Waals surface area (Å²) >= 11 is 0. The molecule has 0 atom stereocenters. The second-order valence-corrected chi connectivity index (χ2v) is 8.46. The first-order valence-electron chi connectivity index (χ1n) is 9.10. The summed E-state index contributed by atoms with van der Waals surface area (Å²) in [6, 6.07) is 24.4. The third kappa shape index (κ3) is 4.87. The van der Waals surface area contributed by atoms with Crippen LogP contribution in [-0.4, -0.2) is 21.3 Å². The number of anilines is 1. The first-order chi connectivity index (χ1) is 13.3. The molecule has 0 N–H and O–H groups in total. The number of hydrogen-bond acceptors (Lipinski definition) is 2. The third-order valence-corrected chi connectivity index (χ3v) is 5.88. The van der Waals surface area contributed by atoms with E-state index in [4.69, 9.17) is 0 Å². The van der Waals surface area contributed by atoms with Gasteiger partial charge in [0.05, 0.1) is 4.90 Å². The van der Waals surface area contributed by atoms with Crippen molar-refractivity contribution < 1.29 is 8.42 Å². The van der Waals surface area contributed by atoms with Crippen LogP contribution >= 0.6 is 0 Å². The highest BCUT2D eigenvalue weighted by Gasteiger charge is 2.18. The van der Waals surface area contributed by atoms with Gasteiger partial charge in [0, 0.05) is 19.2 Å². The van der Waals surface area contributed by atoms with E-state index in [1.807, 2.05) is 80.4 Å². The lowest BCUT2D eigenvalue weighted by molar-refractivity contribution is 0.598. The van der Waals surface area contributed by atoms with Gasteiger partial charge in [-0.15, -0.1) is 4.40 Å². The fraction of sp³-hybridized carbons (Fsp3) is 0.174. The zero-order chi connectivity index (χ0) is 20.1. The molecule has 0 spiro atoms. The Kier molecular flexibility index (Phi) is 5.95. The van der Waals surface area contributed by atoms with Crippen LogP contribution in [0.25, 0.3) is 0 Å². The Bertz CT molecular complexity index is 1060. The summed E-state index contributed by atoms with van der Waals surface area (Å²) in [5, 5.41) is 0. The second-order valence-electron chi connectivity index (χ2n) is 6.85. The molecule has 3 aromatic rings. The molecule has 0 unspecified atom stereocenters. The Labute approximate surface area is 167 Å². The molecule has 0 aromatic heterocycles. The van der Waals surface area contributed by atoms with Crippen LogP contribution < -0.4 is 4.90 Å². The maximum atomic E-state index is 12.9. The number of sulfonamides is 1. The molecule has 3 aromatic carbocycles. The van der Waals surface area contributed by atoms with Crippen molar-refractivity contribution in [2.45, 2.75) is 25.2 Å². The van der Waals surface area contributed by atoms with Gasteiger partial charge in [-0.25, -0.2) is 0 Å². The monoisotopic (exact) mass is 392 g/mol. The predicted octanol–water partition coefficient (Wildman–Crippen LogP) is 4.77. The highest BCUT2D eigenvalue weighted by Crippen LogP contribution is 2.19. The lowest BCUT2D eigenvalue weighted by atomic mass is 10.1. The molecule has 0 saturated carbocycles. The minimum atomic E-state index is -3.81. The van der Waals surface area contributed by atoms with Gasteiger partial charge in [-0.3, -0.25) is 0 Å². The van der Waals surface area contributed by atoms with E-state index in [-0.39, 0.29) is 4.90 Å². The van der Waals surface area contributed by atoms with Crippen LogP contribution in [0.1, 0.15) is 16.7 Å². The van der Waals surface area contributed by atoms with Crippen molar-refractivity contribution in [3.8, 4) is 0 Å². The van der Waals surface area contributed by atoms with Gasteiger partial charge >= 0.3 is 0 Å². The van der Waals surface area contributed by atoms with E-state index >= 15 is 0 Å². The molecule has 0 saturated heterocycles. The van der Waals surface area contributed by atoms with Gasteiger partial charge < -0.3 is 4.90 Å². The molecular formula is C23H24N2O2S. The van der Waals surface area contributed by atoms with E-state index in [1.165, 1.54) is 0 Å². The maximum Gasteiger partial charge on any atom is 0.283 e. The zero-order valence-corrected chi connectivity index (χ0v) is 17.1. The van der Waals surface area contributed by atoms with Crippen molar-refractivity contribution in [3.63, 3.8) is 0 Å². The van der Waals surface area contributed by atoms with Crippen LogP contribution in [0.2, 0.25) is 0 Å². The normalized spacial score (nSPS) is 12.0. The van der Waals surface area contributed by atoms with Crippen molar-refractivity contribution in [1.29, 1.82) is 0 Å². The topological polar surface area (TPSA) is 49.7 Å². The van der Waals surface area contributed by atoms with Crippen molar-refractivity contribution in [1.82, 2.24) is 0 Å². The molecule has 0 aliphatic rings. The van der Waals surface area contributed by atoms with Crippen LogP contribution in [0.15, 0.2) is 88.2 Å². The molecule has 4 nitrogen and oxygen atoms in total. The molecular weight excluding hydrogens is 368 g/mol. The van der Waals surface area contributed by atoms with Crippen molar-refractivity contribution in [3.05, 3.63) is 95.6 Å². The Morgan fingerprint density at radius 2 is 1.36 bits per heavy atom. The molecule has 0 fully saturated rings. The third-order valence-electron chi connectivity index (χ3n) is 4.56. The summed E-state index contributed by atoms with van der Waals surface area (Å²) in [4.78, 5) is 2.03. The predicted molar refractivity (Wildman–Crippen MR) is 116 cm³/mol. The summed E-state index contributed by atoms with van der Waals surface area (Å²) < 4.78 is 30.1. The summed E-state index contributed by atoms with van der Waals surface area (Å²) in [5.41, 5.74) is 4.04. The number of benzene rings is 3. The van der Waals surface area contributed by atoms with Gasteiger partial charge in [0.25, 0.3) is 10.0 Å². The number of aryl methyl sites for hydroxylation is 2. The molecule has 0 radical (unpaired) electrons. The van der Waals surface area contributed by atoms with Gasteiger partial charge in [0.1, 0.15) is 5.84 Å². The molecule has 0 amide bonds.